The number of halogens is 1. The van der Waals surface area contributed by atoms with Crippen LogP contribution in [-0.2, 0) is 25.9 Å². The maximum Gasteiger partial charge on any atom is 0.296 e. The van der Waals surface area contributed by atoms with E-state index in [2.05, 4.69) is 0 Å². The molecule has 8 heteroatoms. The molecule has 0 saturated carbocycles. The molecule has 5 rings (SSSR count). The van der Waals surface area contributed by atoms with Crippen LogP contribution in [0.1, 0.15) is 36.5 Å². The van der Waals surface area contributed by atoms with Gasteiger partial charge in [0, 0.05) is 23.2 Å². The van der Waals surface area contributed by atoms with Crippen LogP contribution >= 0.6 is 0 Å². The van der Waals surface area contributed by atoms with Crippen LogP contribution in [0.5, 0.6) is 0 Å². The zero-order chi connectivity index (χ0) is 22.2. The molecule has 1 spiro atoms. The number of amides is 1. The lowest BCUT2D eigenvalue weighted by molar-refractivity contribution is -0.312. The van der Waals surface area contributed by atoms with Crippen LogP contribution in [0.15, 0.2) is 54.1 Å². The molecular formula is C23H20FNO6. The highest BCUT2D eigenvalue weighted by atomic mass is 19.1. The first-order valence-corrected chi connectivity index (χ1v) is 10.0. The standard InChI is InChI=1S/C23H20FNO6/c1-2-3-12-25-20(27)18(26)17-19(13-8-10-14(24)11-9-13)31-23(30)16-7-5-4-6-15(16)22(28,29)21(17,23)25/h4-11,28-30H,2-3,12H2,1H3/t21-,23+/m1/s1. The maximum absolute atomic E-state index is 13.5. The number of hydrogen-bond acceptors (Lipinski definition) is 6. The third-order valence-corrected chi connectivity index (χ3v) is 6.41. The fraction of sp³-hybridized carbons (Fsp3) is 0.304. The van der Waals surface area contributed by atoms with Gasteiger partial charge in [0.15, 0.2) is 0 Å². The molecule has 1 saturated heterocycles. The fourth-order valence-electron chi connectivity index (χ4n) is 5.09. The normalized spacial score (nSPS) is 28.0. The lowest BCUT2D eigenvalue weighted by Gasteiger charge is -2.45. The number of aliphatic hydroxyl groups is 3. The van der Waals surface area contributed by atoms with E-state index in [1.807, 2.05) is 6.92 Å². The van der Waals surface area contributed by atoms with Crippen molar-refractivity contribution in [1.82, 2.24) is 4.90 Å². The van der Waals surface area contributed by atoms with Gasteiger partial charge < -0.3 is 25.0 Å². The molecule has 0 radical (unpaired) electrons. The largest absolute Gasteiger partial charge is 0.454 e. The first kappa shape index (κ1) is 19.9. The molecule has 160 valence electrons. The first-order chi connectivity index (χ1) is 14.7. The van der Waals surface area contributed by atoms with Crippen molar-refractivity contribution in [3.63, 3.8) is 0 Å². The van der Waals surface area contributed by atoms with E-state index in [-0.39, 0.29) is 34.6 Å². The highest BCUT2D eigenvalue weighted by Crippen LogP contribution is 2.67. The van der Waals surface area contributed by atoms with Gasteiger partial charge in [-0.1, -0.05) is 37.6 Å². The monoisotopic (exact) mass is 425 g/mol. The second-order valence-electron chi connectivity index (χ2n) is 8.02. The van der Waals surface area contributed by atoms with Crippen LogP contribution in [0.25, 0.3) is 5.76 Å². The Bertz CT molecular complexity index is 1160. The van der Waals surface area contributed by atoms with Gasteiger partial charge in [0.05, 0.1) is 5.57 Å². The second-order valence-corrected chi connectivity index (χ2v) is 8.02. The van der Waals surface area contributed by atoms with Crippen molar-refractivity contribution in [3.8, 4) is 0 Å². The summed E-state index contributed by atoms with van der Waals surface area (Å²) in [5.74, 6) is -7.89. The van der Waals surface area contributed by atoms with Gasteiger partial charge in [0.25, 0.3) is 17.5 Å². The summed E-state index contributed by atoms with van der Waals surface area (Å²) < 4.78 is 19.4. The van der Waals surface area contributed by atoms with E-state index in [0.29, 0.717) is 12.8 Å². The number of rotatable bonds is 4. The quantitative estimate of drug-likeness (QED) is 0.507. The van der Waals surface area contributed by atoms with Crippen LogP contribution in [0.2, 0.25) is 0 Å². The number of hydrogen-bond donors (Lipinski definition) is 3. The molecule has 1 fully saturated rings. The number of likely N-dealkylation sites (tertiary alicyclic amines) is 1. The van der Waals surface area contributed by atoms with E-state index in [9.17, 15) is 29.3 Å². The zero-order valence-corrected chi connectivity index (χ0v) is 16.6. The molecule has 7 nitrogen and oxygen atoms in total. The molecule has 2 heterocycles. The average Bonchev–Trinajstić information content (AvgIpc) is 3.22. The highest BCUT2D eigenvalue weighted by molar-refractivity contribution is 6.48. The number of benzene rings is 2. The number of ether oxygens (including phenoxy) is 1. The summed E-state index contributed by atoms with van der Waals surface area (Å²) in [4.78, 5) is 27.3. The van der Waals surface area contributed by atoms with Crippen molar-refractivity contribution in [2.75, 3.05) is 6.54 Å². The predicted molar refractivity (Wildman–Crippen MR) is 105 cm³/mol. The molecule has 1 aliphatic carbocycles. The molecule has 2 aromatic rings. The molecule has 0 bridgehead atoms. The molecule has 31 heavy (non-hydrogen) atoms. The Labute approximate surface area is 177 Å². The minimum absolute atomic E-state index is 0.00377. The molecule has 1 amide bonds. The van der Waals surface area contributed by atoms with Crippen molar-refractivity contribution in [1.29, 1.82) is 0 Å². The lowest BCUT2D eigenvalue weighted by atomic mass is 9.78. The number of ketones is 1. The third kappa shape index (κ3) is 2.12. The van der Waals surface area contributed by atoms with Crippen LogP contribution in [0.4, 0.5) is 4.39 Å². The average molecular weight is 425 g/mol. The molecule has 2 aliphatic heterocycles. The number of fused-ring (bicyclic) bond motifs is 2. The summed E-state index contributed by atoms with van der Waals surface area (Å²) in [6.07, 6.45) is 1.12. The van der Waals surface area contributed by atoms with Gasteiger partial charge >= 0.3 is 0 Å². The van der Waals surface area contributed by atoms with E-state index < -0.39 is 34.6 Å². The zero-order valence-electron chi connectivity index (χ0n) is 16.6. The Balaban J connectivity index is 1.86. The summed E-state index contributed by atoms with van der Waals surface area (Å²) in [6.45, 7) is 1.89. The van der Waals surface area contributed by atoms with Crippen LogP contribution in [0, 0.1) is 5.82 Å². The van der Waals surface area contributed by atoms with E-state index >= 15 is 0 Å². The Morgan fingerprint density at radius 2 is 1.65 bits per heavy atom. The molecular weight excluding hydrogens is 405 g/mol. The predicted octanol–water partition coefficient (Wildman–Crippen LogP) is 1.51. The Morgan fingerprint density at radius 3 is 2.29 bits per heavy atom. The van der Waals surface area contributed by atoms with Crippen LogP contribution in [0.3, 0.4) is 0 Å². The third-order valence-electron chi connectivity index (χ3n) is 6.41. The molecule has 3 N–H and O–H groups in total. The van der Waals surface area contributed by atoms with E-state index in [0.717, 1.165) is 17.0 Å². The fourth-order valence-corrected chi connectivity index (χ4v) is 5.09. The molecule has 0 aromatic heterocycles. The molecule has 3 aliphatic rings. The van der Waals surface area contributed by atoms with Crippen molar-refractivity contribution in [3.05, 3.63) is 76.6 Å². The van der Waals surface area contributed by atoms with Crippen molar-refractivity contribution in [2.45, 2.75) is 36.9 Å². The van der Waals surface area contributed by atoms with E-state index in [4.69, 9.17) is 4.74 Å². The number of unbranched alkanes of at least 4 members (excludes halogenated alkanes) is 1. The van der Waals surface area contributed by atoms with Crippen LogP contribution < -0.4 is 0 Å². The molecule has 0 unspecified atom stereocenters. The van der Waals surface area contributed by atoms with Crippen LogP contribution in [-0.4, -0.2) is 44.0 Å². The smallest absolute Gasteiger partial charge is 0.296 e. The Morgan fingerprint density at radius 1 is 1.00 bits per heavy atom. The second kappa shape index (κ2) is 6.23. The lowest BCUT2D eigenvalue weighted by Crippen LogP contribution is -2.66. The van der Waals surface area contributed by atoms with Gasteiger partial charge in [-0.15, -0.1) is 0 Å². The Kier molecular flexibility index (Phi) is 3.99. The summed E-state index contributed by atoms with van der Waals surface area (Å²) >= 11 is 0. The van der Waals surface area contributed by atoms with Gasteiger partial charge in [-0.05, 0) is 30.7 Å². The minimum atomic E-state index is -2.81. The van der Waals surface area contributed by atoms with E-state index in [1.165, 1.54) is 24.3 Å². The van der Waals surface area contributed by atoms with E-state index in [1.54, 1.807) is 12.1 Å². The number of nitrogens with zero attached hydrogens (tertiary/aromatic N) is 1. The summed E-state index contributed by atoms with van der Waals surface area (Å²) in [6, 6.07) is 11.0. The van der Waals surface area contributed by atoms with Gasteiger partial charge in [-0.2, -0.15) is 0 Å². The summed E-state index contributed by atoms with van der Waals surface area (Å²) in [7, 11) is 0. The SMILES string of the molecule is CCCCN1C(=O)C(=O)C2=C(c3ccc(F)cc3)O[C@@]3(O)c4ccccc4C(O)(O)[C@@]213. The molecule has 2 aromatic carbocycles. The van der Waals surface area contributed by atoms with Crippen molar-refractivity contribution in [2.24, 2.45) is 0 Å². The van der Waals surface area contributed by atoms with Gasteiger partial charge in [-0.3, -0.25) is 9.59 Å². The number of Topliss-reactive ketones (excluding diaryl/α,β-unsaturated/α-hetero) is 1. The van der Waals surface area contributed by atoms with Gasteiger partial charge in [0.1, 0.15) is 11.6 Å². The summed E-state index contributed by atoms with van der Waals surface area (Å²) in [5, 5.41) is 34.7. The van der Waals surface area contributed by atoms with Crippen molar-refractivity contribution >= 4 is 17.4 Å². The number of carbonyl (C=O) groups excluding carboxylic acids is 2. The van der Waals surface area contributed by atoms with Gasteiger partial charge in [-0.25, -0.2) is 4.39 Å². The topological polar surface area (TPSA) is 107 Å². The molecule has 2 atom stereocenters. The number of carbonyl (C=O) groups is 2. The van der Waals surface area contributed by atoms with Crippen molar-refractivity contribution < 1.29 is 34.0 Å². The minimum Gasteiger partial charge on any atom is -0.454 e. The summed E-state index contributed by atoms with van der Waals surface area (Å²) in [5.41, 5.74) is -2.43. The Hall–Kier alpha value is -3.07. The first-order valence-electron chi connectivity index (χ1n) is 10.0. The highest BCUT2D eigenvalue weighted by Gasteiger charge is 2.84. The maximum atomic E-state index is 13.5. The van der Waals surface area contributed by atoms with Gasteiger partial charge in [0.2, 0.25) is 11.3 Å².